The molecule has 2 nitrogen and oxygen atoms in total. The SMILES string of the molecule is CN(C)Cc1cc(F)cc(Br)c1N.Cl. The second-order valence-electron chi connectivity index (χ2n) is 3.20. The van der Waals surface area contributed by atoms with Crippen LogP contribution in [0, 0.1) is 5.82 Å². The first-order valence-electron chi connectivity index (χ1n) is 3.89. The van der Waals surface area contributed by atoms with E-state index >= 15 is 0 Å². The molecule has 0 atom stereocenters. The van der Waals surface area contributed by atoms with Crippen LogP contribution in [0.3, 0.4) is 0 Å². The van der Waals surface area contributed by atoms with Gasteiger partial charge in [-0.05, 0) is 47.7 Å². The van der Waals surface area contributed by atoms with Crippen molar-refractivity contribution in [1.82, 2.24) is 4.90 Å². The smallest absolute Gasteiger partial charge is 0.124 e. The highest BCUT2D eigenvalue weighted by Gasteiger charge is 2.06. The Balaban J connectivity index is 0.00000169. The summed E-state index contributed by atoms with van der Waals surface area (Å²) >= 11 is 3.20. The zero-order chi connectivity index (χ0) is 10.0. The highest BCUT2D eigenvalue weighted by atomic mass is 79.9. The Morgan fingerprint density at radius 3 is 2.50 bits per heavy atom. The van der Waals surface area contributed by atoms with Gasteiger partial charge in [0.05, 0.1) is 5.69 Å². The standard InChI is InChI=1S/C9H12BrFN2.ClH/c1-13(2)5-6-3-7(11)4-8(10)9(6)12;/h3-4H,5,12H2,1-2H3;1H. The molecule has 0 aliphatic heterocycles. The van der Waals surface area contributed by atoms with Gasteiger partial charge in [0.2, 0.25) is 0 Å². The first-order valence-corrected chi connectivity index (χ1v) is 4.68. The third-order valence-corrected chi connectivity index (χ3v) is 2.32. The first-order chi connectivity index (χ1) is 6.00. The topological polar surface area (TPSA) is 29.3 Å². The lowest BCUT2D eigenvalue weighted by Crippen LogP contribution is -2.12. The Morgan fingerprint density at radius 1 is 1.43 bits per heavy atom. The van der Waals surface area contributed by atoms with E-state index in [1.54, 1.807) is 0 Å². The molecule has 14 heavy (non-hydrogen) atoms. The molecular weight excluding hydrogens is 270 g/mol. The van der Waals surface area contributed by atoms with Gasteiger partial charge in [0.25, 0.3) is 0 Å². The summed E-state index contributed by atoms with van der Waals surface area (Å²) in [5.41, 5.74) is 7.17. The molecule has 1 rings (SSSR count). The van der Waals surface area contributed by atoms with E-state index in [0.29, 0.717) is 16.7 Å². The van der Waals surface area contributed by atoms with Gasteiger partial charge in [-0.15, -0.1) is 12.4 Å². The molecule has 0 amide bonds. The predicted molar refractivity (Wildman–Crippen MR) is 63.2 cm³/mol. The summed E-state index contributed by atoms with van der Waals surface area (Å²) in [6.45, 7) is 0.641. The number of anilines is 1. The molecule has 1 aromatic rings. The summed E-state index contributed by atoms with van der Waals surface area (Å²) < 4.78 is 13.6. The minimum Gasteiger partial charge on any atom is -0.398 e. The van der Waals surface area contributed by atoms with Gasteiger partial charge in [-0.1, -0.05) is 0 Å². The van der Waals surface area contributed by atoms with E-state index in [9.17, 15) is 4.39 Å². The average Bonchev–Trinajstić information content (AvgIpc) is 1.98. The third kappa shape index (κ3) is 3.44. The van der Waals surface area contributed by atoms with Crippen molar-refractivity contribution in [3.05, 3.63) is 28.0 Å². The van der Waals surface area contributed by atoms with Gasteiger partial charge < -0.3 is 10.6 Å². The van der Waals surface area contributed by atoms with Crippen LogP contribution in [0.5, 0.6) is 0 Å². The van der Waals surface area contributed by atoms with Gasteiger partial charge in [-0.25, -0.2) is 4.39 Å². The second kappa shape index (κ2) is 5.53. The van der Waals surface area contributed by atoms with Crippen molar-refractivity contribution in [3.63, 3.8) is 0 Å². The van der Waals surface area contributed by atoms with Crippen LogP contribution >= 0.6 is 28.3 Å². The number of halogens is 3. The molecule has 0 aliphatic rings. The molecule has 0 unspecified atom stereocenters. The van der Waals surface area contributed by atoms with Crippen molar-refractivity contribution >= 4 is 34.0 Å². The van der Waals surface area contributed by atoms with Crippen molar-refractivity contribution in [2.75, 3.05) is 19.8 Å². The molecule has 0 heterocycles. The molecule has 0 spiro atoms. The van der Waals surface area contributed by atoms with E-state index in [1.165, 1.54) is 12.1 Å². The summed E-state index contributed by atoms with van der Waals surface area (Å²) in [7, 11) is 3.83. The fraction of sp³-hybridized carbons (Fsp3) is 0.333. The van der Waals surface area contributed by atoms with Crippen molar-refractivity contribution in [2.45, 2.75) is 6.54 Å². The lowest BCUT2D eigenvalue weighted by molar-refractivity contribution is 0.402. The third-order valence-electron chi connectivity index (χ3n) is 1.67. The Hall–Kier alpha value is -0.320. The summed E-state index contributed by atoms with van der Waals surface area (Å²) in [6.07, 6.45) is 0. The maximum Gasteiger partial charge on any atom is 0.124 e. The zero-order valence-electron chi connectivity index (χ0n) is 8.05. The molecule has 0 aliphatic carbocycles. The normalized spacial score (nSPS) is 10.1. The number of nitrogen functional groups attached to an aromatic ring is 1. The second-order valence-corrected chi connectivity index (χ2v) is 4.05. The number of nitrogens with two attached hydrogens (primary N) is 1. The van der Waals surface area contributed by atoms with Gasteiger partial charge in [-0.2, -0.15) is 0 Å². The molecule has 80 valence electrons. The van der Waals surface area contributed by atoms with E-state index < -0.39 is 0 Å². The van der Waals surface area contributed by atoms with Gasteiger partial charge in [0, 0.05) is 11.0 Å². The van der Waals surface area contributed by atoms with Crippen molar-refractivity contribution in [2.24, 2.45) is 0 Å². The number of hydrogen-bond donors (Lipinski definition) is 1. The first kappa shape index (κ1) is 13.7. The maximum absolute atomic E-state index is 13.0. The van der Waals surface area contributed by atoms with Crippen LogP contribution in [-0.4, -0.2) is 19.0 Å². The molecule has 0 fully saturated rings. The molecule has 0 radical (unpaired) electrons. The quantitative estimate of drug-likeness (QED) is 0.846. The monoisotopic (exact) mass is 282 g/mol. The minimum atomic E-state index is -0.266. The largest absolute Gasteiger partial charge is 0.398 e. The van der Waals surface area contributed by atoms with Gasteiger partial charge >= 0.3 is 0 Å². The molecule has 1 aromatic carbocycles. The summed E-state index contributed by atoms with van der Waals surface area (Å²) in [6, 6.07) is 2.83. The van der Waals surface area contributed by atoms with Crippen molar-refractivity contribution in [1.29, 1.82) is 0 Å². The number of hydrogen-bond acceptors (Lipinski definition) is 2. The van der Waals surface area contributed by atoms with E-state index in [4.69, 9.17) is 5.73 Å². The van der Waals surface area contributed by atoms with Crippen LogP contribution in [-0.2, 0) is 6.54 Å². The number of rotatable bonds is 2. The van der Waals surface area contributed by atoms with Gasteiger partial charge in [0.1, 0.15) is 5.82 Å². The Labute approximate surface area is 97.8 Å². The summed E-state index contributed by atoms with van der Waals surface area (Å²) in [4.78, 5) is 1.94. The van der Waals surface area contributed by atoms with Crippen LogP contribution < -0.4 is 5.73 Å². The fourth-order valence-corrected chi connectivity index (χ4v) is 1.58. The Bertz CT molecular complexity index is 318. The Kier molecular flexibility index (Phi) is 5.41. The van der Waals surface area contributed by atoms with Crippen LogP contribution in [0.1, 0.15) is 5.56 Å². The highest BCUT2D eigenvalue weighted by molar-refractivity contribution is 9.10. The molecule has 0 bridgehead atoms. The zero-order valence-corrected chi connectivity index (χ0v) is 10.5. The lowest BCUT2D eigenvalue weighted by Gasteiger charge is -2.12. The molecular formula is C9H13BrClFN2. The van der Waals surface area contributed by atoms with Crippen LogP contribution in [0.15, 0.2) is 16.6 Å². The predicted octanol–water partition coefficient (Wildman–Crippen LogP) is 2.65. The highest BCUT2D eigenvalue weighted by Crippen LogP contribution is 2.25. The van der Waals surface area contributed by atoms with Crippen molar-refractivity contribution < 1.29 is 4.39 Å². The van der Waals surface area contributed by atoms with E-state index in [-0.39, 0.29) is 18.2 Å². The summed E-state index contributed by atoms with van der Waals surface area (Å²) in [5, 5.41) is 0. The van der Waals surface area contributed by atoms with E-state index in [0.717, 1.165) is 5.56 Å². The fourth-order valence-electron chi connectivity index (χ4n) is 1.11. The molecule has 5 heteroatoms. The van der Waals surface area contributed by atoms with Crippen LogP contribution in [0.2, 0.25) is 0 Å². The molecule has 0 aromatic heterocycles. The number of benzene rings is 1. The average molecular weight is 284 g/mol. The van der Waals surface area contributed by atoms with Crippen LogP contribution in [0.25, 0.3) is 0 Å². The number of nitrogens with zero attached hydrogens (tertiary/aromatic N) is 1. The van der Waals surface area contributed by atoms with Gasteiger partial charge in [-0.3, -0.25) is 0 Å². The molecule has 0 saturated heterocycles. The van der Waals surface area contributed by atoms with E-state index in [2.05, 4.69) is 15.9 Å². The molecule has 2 N–H and O–H groups in total. The molecule has 0 saturated carbocycles. The van der Waals surface area contributed by atoms with Crippen molar-refractivity contribution in [3.8, 4) is 0 Å². The minimum absolute atomic E-state index is 0. The Morgan fingerprint density at radius 2 is 2.00 bits per heavy atom. The maximum atomic E-state index is 13.0. The van der Waals surface area contributed by atoms with Gasteiger partial charge in [0.15, 0.2) is 0 Å². The lowest BCUT2D eigenvalue weighted by atomic mass is 10.1. The van der Waals surface area contributed by atoms with E-state index in [1.807, 2.05) is 19.0 Å². The van der Waals surface area contributed by atoms with Crippen LogP contribution in [0.4, 0.5) is 10.1 Å². The summed E-state index contributed by atoms with van der Waals surface area (Å²) in [5.74, 6) is -0.266.